The average molecular weight is 462 g/mol. The van der Waals surface area contributed by atoms with Gasteiger partial charge in [-0.05, 0) is 29.8 Å². The Bertz CT molecular complexity index is 1360. The first-order valence-corrected chi connectivity index (χ1v) is 10.4. The van der Waals surface area contributed by atoms with Crippen LogP contribution >= 0.6 is 11.6 Å². The molecule has 0 atom stereocenters. The van der Waals surface area contributed by atoms with Crippen molar-refractivity contribution in [2.45, 2.75) is 4.90 Å². The highest BCUT2D eigenvalue weighted by Gasteiger charge is 2.21. The summed E-state index contributed by atoms with van der Waals surface area (Å²) >= 11 is 6.02. The highest BCUT2D eigenvalue weighted by atomic mass is 35.5. The summed E-state index contributed by atoms with van der Waals surface area (Å²) in [6.07, 6.45) is 5.90. The zero-order valence-electron chi connectivity index (χ0n) is 16.0. The molecule has 0 radical (unpaired) electrons. The summed E-state index contributed by atoms with van der Waals surface area (Å²) in [6.45, 7) is 3.73. The van der Waals surface area contributed by atoms with Crippen molar-refractivity contribution in [3.8, 4) is 6.07 Å². The van der Waals surface area contributed by atoms with Gasteiger partial charge in [0.1, 0.15) is 22.6 Å². The molecule has 7 nitrogen and oxygen atoms in total. The largest absolute Gasteiger partial charge is 0.276 e. The number of anilines is 1. The van der Waals surface area contributed by atoms with Crippen molar-refractivity contribution in [2.75, 3.05) is 4.72 Å². The van der Waals surface area contributed by atoms with E-state index in [0.717, 1.165) is 12.1 Å². The minimum absolute atomic E-state index is 0.124. The number of sulfonamides is 1. The second-order valence-corrected chi connectivity index (χ2v) is 8.23. The first-order chi connectivity index (χ1) is 14.7. The molecule has 1 aromatic carbocycles. The van der Waals surface area contributed by atoms with Crippen molar-refractivity contribution < 1.29 is 17.2 Å². The Morgan fingerprint density at radius 2 is 2.06 bits per heavy atom. The van der Waals surface area contributed by atoms with Gasteiger partial charge in [0.2, 0.25) is 0 Å². The van der Waals surface area contributed by atoms with E-state index in [9.17, 15) is 22.5 Å². The minimum Gasteiger partial charge on any atom is -0.276 e. The molecule has 158 valence electrons. The summed E-state index contributed by atoms with van der Waals surface area (Å²) < 4.78 is 55.9. The van der Waals surface area contributed by atoms with Crippen LogP contribution < -0.4 is 4.72 Å². The maximum atomic E-state index is 14.0. The first kappa shape index (κ1) is 22.1. The van der Waals surface area contributed by atoms with Gasteiger partial charge in [-0.25, -0.2) is 22.2 Å². The Morgan fingerprint density at radius 3 is 2.71 bits per heavy atom. The molecule has 0 spiro atoms. The standard InChI is InChI=1S/C20H14ClF2N5O2S/c1-3-12(7-18-14(9-24)11-26-28(18)2)13-6-17(20(21)25-10-13)27-31(29,30)19-5-4-15(22)8-16(19)23/h3-8,10-11,27H,1H2,2H3/b12-7+. The van der Waals surface area contributed by atoms with E-state index in [1.54, 1.807) is 13.1 Å². The molecule has 0 fully saturated rings. The van der Waals surface area contributed by atoms with Crippen molar-refractivity contribution in [2.24, 2.45) is 7.05 Å². The molecular weight excluding hydrogens is 448 g/mol. The van der Waals surface area contributed by atoms with E-state index in [0.29, 0.717) is 28.5 Å². The van der Waals surface area contributed by atoms with Gasteiger partial charge in [0, 0.05) is 24.9 Å². The number of allylic oxidation sites excluding steroid dienone is 2. The Kier molecular flexibility index (Phi) is 6.19. The highest BCUT2D eigenvalue weighted by Crippen LogP contribution is 2.29. The highest BCUT2D eigenvalue weighted by molar-refractivity contribution is 7.92. The van der Waals surface area contributed by atoms with E-state index < -0.39 is 26.6 Å². The summed E-state index contributed by atoms with van der Waals surface area (Å²) in [7, 11) is -2.76. The third-order valence-corrected chi connectivity index (χ3v) is 5.92. The minimum atomic E-state index is -4.42. The van der Waals surface area contributed by atoms with Crippen molar-refractivity contribution in [1.82, 2.24) is 14.8 Å². The number of halogens is 3. The number of nitriles is 1. The van der Waals surface area contributed by atoms with Gasteiger partial charge in [0.05, 0.1) is 23.1 Å². The zero-order chi connectivity index (χ0) is 22.8. The van der Waals surface area contributed by atoms with Crippen molar-refractivity contribution in [3.63, 3.8) is 0 Å². The lowest BCUT2D eigenvalue weighted by atomic mass is 10.1. The SMILES string of the molecule is C=C/C(=C\c1c(C#N)cnn1C)c1cnc(Cl)c(NS(=O)(=O)c2ccc(F)cc2F)c1. The molecule has 31 heavy (non-hydrogen) atoms. The average Bonchev–Trinajstić information content (AvgIpc) is 3.06. The van der Waals surface area contributed by atoms with Crippen LogP contribution in [-0.2, 0) is 17.1 Å². The molecule has 0 saturated carbocycles. The molecule has 11 heteroatoms. The number of benzene rings is 1. The van der Waals surface area contributed by atoms with Gasteiger partial charge in [-0.3, -0.25) is 9.40 Å². The maximum Gasteiger partial charge on any atom is 0.264 e. The monoisotopic (exact) mass is 461 g/mol. The van der Waals surface area contributed by atoms with Gasteiger partial charge in [-0.15, -0.1) is 0 Å². The molecule has 0 bridgehead atoms. The third-order valence-electron chi connectivity index (χ3n) is 4.22. The molecular formula is C20H14ClF2N5O2S. The van der Waals surface area contributed by atoms with E-state index in [-0.39, 0.29) is 10.8 Å². The molecule has 3 rings (SSSR count). The van der Waals surface area contributed by atoms with Gasteiger partial charge in [0.15, 0.2) is 5.15 Å². The molecule has 0 aliphatic rings. The number of nitrogens with zero attached hydrogens (tertiary/aromatic N) is 4. The Labute approximate surface area is 182 Å². The lowest BCUT2D eigenvalue weighted by molar-refractivity contribution is 0.551. The summed E-state index contributed by atoms with van der Waals surface area (Å²) in [6, 6.07) is 5.50. The molecule has 3 aromatic rings. The summed E-state index contributed by atoms with van der Waals surface area (Å²) in [4.78, 5) is 3.22. The maximum absolute atomic E-state index is 14.0. The van der Waals surface area contributed by atoms with E-state index in [1.807, 2.05) is 6.07 Å². The lowest BCUT2D eigenvalue weighted by Crippen LogP contribution is -2.15. The number of nitrogens with one attached hydrogen (secondary N) is 1. The number of hydrogen-bond acceptors (Lipinski definition) is 5. The molecule has 1 N–H and O–H groups in total. The number of rotatable bonds is 6. The predicted octanol–water partition coefficient (Wildman–Crippen LogP) is 4.15. The number of aryl methyl sites for hydroxylation is 1. The van der Waals surface area contributed by atoms with Crippen molar-refractivity contribution in [1.29, 1.82) is 5.26 Å². The molecule has 0 saturated heterocycles. The van der Waals surface area contributed by atoms with Crippen LogP contribution in [-0.4, -0.2) is 23.2 Å². The Hall–Kier alpha value is -3.55. The Morgan fingerprint density at radius 1 is 1.32 bits per heavy atom. The fourth-order valence-electron chi connectivity index (χ4n) is 2.68. The zero-order valence-corrected chi connectivity index (χ0v) is 17.5. The Balaban J connectivity index is 2.03. The molecule has 0 aliphatic carbocycles. The second-order valence-electron chi connectivity index (χ2n) is 6.23. The van der Waals surface area contributed by atoms with E-state index in [2.05, 4.69) is 21.4 Å². The lowest BCUT2D eigenvalue weighted by Gasteiger charge is -2.12. The molecule has 0 amide bonds. The molecule has 0 unspecified atom stereocenters. The van der Waals surface area contributed by atoms with Crippen LogP contribution in [0.2, 0.25) is 5.15 Å². The van der Waals surface area contributed by atoms with Crippen LogP contribution in [0.3, 0.4) is 0 Å². The van der Waals surface area contributed by atoms with Gasteiger partial charge < -0.3 is 0 Å². The smallest absolute Gasteiger partial charge is 0.264 e. The fourth-order valence-corrected chi connectivity index (χ4v) is 4.01. The molecule has 2 aromatic heterocycles. The van der Waals surface area contributed by atoms with Gasteiger partial charge in [0.25, 0.3) is 10.0 Å². The van der Waals surface area contributed by atoms with E-state index in [1.165, 1.54) is 29.2 Å². The summed E-state index contributed by atoms with van der Waals surface area (Å²) in [5.41, 5.74) is 1.62. The van der Waals surface area contributed by atoms with Crippen LogP contribution in [0.4, 0.5) is 14.5 Å². The van der Waals surface area contributed by atoms with Crippen molar-refractivity contribution in [3.05, 3.63) is 82.9 Å². The van der Waals surface area contributed by atoms with Crippen LogP contribution in [0, 0.1) is 23.0 Å². The normalized spacial score (nSPS) is 11.8. The van der Waals surface area contributed by atoms with Crippen LogP contribution in [0.5, 0.6) is 0 Å². The van der Waals surface area contributed by atoms with Gasteiger partial charge in [-0.2, -0.15) is 10.4 Å². The topological polar surface area (TPSA) is 101 Å². The van der Waals surface area contributed by atoms with E-state index in [4.69, 9.17) is 11.6 Å². The number of hydrogen-bond donors (Lipinski definition) is 1. The van der Waals surface area contributed by atoms with Crippen LogP contribution in [0.1, 0.15) is 16.8 Å². The second kappa shape index (κ2) is 8.67. The number of aromatic nitrogens is 3. The fraction of sp³-hybridized carbons (Fsp3) is 0.0500. The van der Waals surface area contributed by atoms with Gasteiger partial charge >= 0.3 is 0 Å². The van der Waals surface area contributed by atoms with Gasteiger partial charge in [-0.1, -0.05) is 24.3 Å². The summed E-state index contributed by atoms with van der Waals surface area (Å²) in [5, 5.41) is 13.1. The van der Waals surface area contributed by atoms with Crippen LogP contribution in [0.15, 0.2) is 54.2 Å². The third kappa shape index (κ3) is 4.63. The number of pyridine rings is 1. The quantitative estimate of drug-likeness (QED) is 0.439. The summed E-state index contributed by atoms with van der Waals surface area (Å²) in [5.74, 6) is -2.16. The van der Waals surface area contributed by atoms with Crippen molar-refractivity contribution >= 4 is 39.0 Å². The molecule has 0 aliphatic heterocycles. The predicted molar refractivity (Wildman–Crippen MR) is 112 cm³/mol. The molecule has 2 heterocycles. The van der Waals surface area contributed by atoms with E-state index >= 15 is 0 Å². The van der Waals surface area contributed by atoms with Crippen LogP contribution in [0.25, 0.3) is 11.6 Å². The first-order valence-electron chi connectivity index (χ1n) is 8.56.